The van der Waals surface area contributed by atoms with Gasteiger partial charge in [-0.1, -0.05) is 57.5 Å². The minimum absolute atomic E-state index is 0.0900. The summed E-state index contributed by atoms with van der Waals surface area (Å²) in [5, 5.41) is 8.38. The van der Waals surface area contributed by atoms with Gasteiger partial charge in [-0.15, -0.1) is 6.58 Å². The van der Waals surface area contributed by atoms with E-state index >= 15 is 0 Å². The number of urea groups is 1. The molecule has 2 fully saturated rings. The second-order valence-electron chi connectivity index (χ2n) is 14.2. The smallest absolute Gasteiger partial charge is 0.318 e. The highest BCUT2D eigenvalue weighted by molar-refractivity contribution is 6.38. The molecule has 4 rings (SSSR count). The largest absolute Gasteiger partial charge is 0.346 e. The molecule has 1 saturated heterocycles. The molecule has 10 nitrogen and oxygen atoms in total. The van der Waals surface area contributed by atoms with E-state index in [1.54, 1.807) is 16.8 Å². The first-order valence-electron chi connectivity index (χ1n) is 15.8. The number of piperidine rings is 1. The van der Waals surface area contributed by atoms with Gasteiger partial charge >= 0.3 is 6.03 Å². The number of nitrogens with zero attached hydrogens (tertiary/aromatic N) is 2. The predicted octanol–water partition coefficient (Wildman–Crippen LogP) is 2.85. The summed E-state index contributed by atoms with van der Waals surface area (Å²) >= 11 is 0. The number of likely N-dealkylation sites (tertiary alicyclic amines) is 1. The Morgan fingerprint density at radius 2 is 1.70 bits per heavy atom. The Hall–Kier alpha value is -3.69. The normalized spacial score (nSPS) is 23.1. The Labute approximate surface area is 261 Å². The average molecular weight is 608 g/mol. The fraction of sp³-hybridized carbons (Fsp3) is 0.618. The van der Waals surface area contributed by atoms with E-state index in [1.165, 1.54) is 6.08 Å². The van der Waals surface area contributed by atoms with Crippen LogP contribution in [-0.4, -0.2) is 83.1 Å². The number of rotatable bonds is 11. The van der Waals surface area contributed by atoms with Crippen LogP contribution in [0.15, 0.2) is 36.9 Å². The fourth-order valence-electron chi connectivity index (χ4n) is 6.96. The summed E-state index contributed by atoms with van der Waals surface area (Å²) in [5.74, 6) is -2.37. The minimum atomic E-state index is -1.00. The maximum atomic E-state index is 14.5. The maximum Gasteiger partial charge on any atom is 0.318 e. The van der Waals surface area contributed by atoms with Gasteiger partial charge in [-0.05, 0) is 74.3 Å². The summed E-state index contributed by atoms with van der Waals surface area (Å²) in [6.45, 7) is 15.9. The molecule has 5 atom stereocenters. The summed E-state index contributed by atoms with van der Waals surface area (Å²) in [5.41, 5.74) is 1.70. The summed E-state index contributed by atoms with van der Waals surface area (Å²) in [6, 6.07) is 5.06. The number of Topliss-reactive ketones (excluding diaryl/α,β-unsaturated/α-hetero) is 1. The number of nitrogens with one attached hydrogen (secondary N) is 3. The van der Waals surface area contributed by atoms with E-state index < -0.39 is 41.3 Å². The first kappa shape index (κ1) is 33.2. The molecule has 240 valence electrons. The molecular formula is C34H49N5O5. The SMILES string of the molecule is C=CCNC(=O)C(=O)C(CCC)NC(=O)[C@@H]1[C@@H]2[C@H](CN1C(=O)[C@@H](NC(=O)N(C)C(C)(C)C)C1Cc3ccccc3C1)C2(C)C. The van der Waals surface area contributed by atoms with E-state index in [4.69, 9.17) is 0 Å². The van der Waals surface area contributed by atoms with E-state index in [9.17, 15) is 24.0 Å². The van der Waals surface area contributed by atoms with Crippen molar-refractivity contribution in [2.24, 2.45) is 23.2 Å². The van der Waals surface area contributed by atoms with Gasteiger partial charge in [-0.3, -0.25) is 19.2 Å². The Morgan fingerprint density at radius 3 is 2.25 bits per heavy atom. The van der Waals surface area contributed by atoms with Crippen LogP contribution in [0, 0.1) is 23.2 Å². The van der Waals surface area contributed by atoms with Gasteiger partial charge in [-0.2, -0.15) is 0 Å². The summed E-state index contributed by atoms with van der Waals surface area (Å²) in [7, 11) is 1.71. The number of carbonyl (C=O) groups excluding carboxylic acids is 5. The second kappa shape index (κ2) is 12.7. The van der Waals surface area contributed by atoms with Gasteiger partial charge in [0.2, 0.25) is 17.6 Å². The highest BCUT2D eigenvalue weighted by Gasteiger charge is 2.69. The molecule has 5 amide bonds. The number of ketones is 1. The molecule has 1 aliphatic heterocycles. The van der Waals surface area contributed by atoms with Crippen LogP contribution in [-0.2, 0) is 32.0 Å². The number of benzene rings is 1. The molecule has 0 radical (unpaired) electrons. The van der Waals surface area contributed by atoms with Crippen molar-refractivity contribution in [3.05, 3.63) is 48.0 Å². The number of hydrogen-bond acceptors (Lipinski definition) is 5. The van der Waals surface area contributed by atoms with Crippen molar-refractivity contribution < 1.29 is 24.0 Å². The van der Waals surface area contributed by atoms with Crippen molar-refractivity contribution in [2.45, 2.75) is 90.9 Å². The van der Waals surface area contributed by atoms with Crippen molar-refractivity contribution in [3.8, 4) is 0 Å². The van der Waals surface area contributed by atoms with Crippen LogP contribution >= 0.6 is 0 Å². The van der Waals surface area contributed by atoms with Crippen LogP contribution in [0.3, 0.4) is 0 Å². The van der Waals surface area contributed by atoms with Crippen molar-refractivity contribution >= 4 is 29.5 Å². The molecule has 1 aromatic rings. The molecule has 1 saturated carbocycles. The summed E-state index contributed by atoms with van der Waals surface area (Å²) in [6.07, 6.45) is 3.63. The zero-order chi connectivity index (χ0) is 32.6. The van der Waals surface area contributed by atoms with Crippen LogP contribution < -0.4 is 16.0 Å². The van der Waals surface area contributed by atoms with Crippen LogP contribution in [0.4, 0.5) is 4.79 Å². The maximum absolute atomic E-state index is 14.5. The van der Waals surface area contributed by atoms with Gasteiger partial charge < -0.3 is 25.8 Å². The summed E-state index contributed by atoms with van der Waals surface area (Å²) in [4.78, 5) is 70.6. The minimum Gasteiger partial charge on any atom is -0.346 e. The lowest BCUT2D eigenvalue weighted by Crippen LogP contribution is -2.61. The lowest BCUT2D eigenvalue weighted by atomic mass is 9.93. The molecule has 2 aliphatic carbocycles. The van der Waals surface area contributed by atoms with Crippen LogP contribution in [0.25, 0.3) is 0 Å². The lowest BCUT2D eigenvalue weighted by Gasteiger charge is -2.37. The van der Waals surface area contributed by atoms with Crippen molar-refractivity contribution in [1.29, 1.82) is 0 Å². The fourth-order valence-corrected chi connectivity index (χ4v) is 6.96. The van der Waals surface area contributed by atoms with E-state index in [2.05, 4.69) is 48.5 Å². The van der Waals surface area contributed by atoms with Crippen molar-refractivity contribution in [2.75, 3.05) is 20.1 Å². The van der Waals surface area contributed by atoms with Crippen LogP contribution in [0.5, 0.6) is 0 Å². The third-order valence-electron chi connectivity index (χ3n) is 10.0. The highest BCUT2D eigenvalue weighted by Crippen LogP contribution is 2.65. The number of carbonyl (C=O) groups is 5. The van der Waals surface area contributed by atoms with Gasteiger partial charge in [0.25, 0.3) is 5.91 Å². The molecule has 1 aromatic carbocycles. The van der Waals surface area contributed by atoms with Gasteiger partial charge in [-0.25, -0.2) is 4.79 Å². The number of fused-ring (bicyclic) bond motifs is 2. The van der Waals surface area contributed by atoms with E-state index in [-0.39, 0.29) is 41.7 Å². The average Bonchev–Trinajstić information content (AvgIpc) is 3.34. The molecular weight excluding hydrogens is 558 g/mol. The van der Waals surface area contributed by atoms with Crippen LogP contribution in [0.1, 0.15) is 65.5 Å². The molecule has 0 aromatic heterocycles. The molecule has 3 N–H and O–H groups in total. The molecule has 1 heterocycles. The van der Waals surface area contributed by atoms with Gasteiger partial charge in [0.15, 0.2) is 0 Å². The monoisotopic (exact) mass is 607 g/mol. The zero-order valence-electron chi connectivity index (χ0n) is 27.2. The molecule has 1 unspecified atom stereocenters. The Bertz CT molecular complexity index is 1290. The van der Waals surface area contributed by atoms with Crippen molar-refractivity contribution in [1.82, 2.24) is 25.8 Å². The second-order valence-corrected chi connectivity index (χ2v) is 14.2. The number of amides is 5. The van der Waals surface area contributed by atoms with Gasteiger partial charge in [0, 0.05) is 25.7 Å². The van der Waals surface area contributed by atoms with E-state index in [0.717, 1.165) is 11.1 Å². The third-order valence-corrected chi connectivity index (χ3v) is 10.0. The standard InChI is InChI=1S/C34H49N5O5/c1-9-13-24(28(40)30(42)35-16-10-2)36-29(41)27-25-23(34(25,6)7)19-39(27)31(43)26(37-32(44)38(8)33(3,4)5)22-17-20-14-11-12-15-21(20)18-22/h10-12,14-15,22-27H,2,9,13,16-19H2,1,3-8H3,(H,35,42)(H,36,41)(H,37,44)/t23-,24?,25-,26-,27-/m0/s1. The van der Waals surface area contributed by atoms with Gasteiger partial charge in [0.1, 0.15) is 12.1 Å². The van der Waals surface area contributed by atoms with Crippen LogP contribution in [0.2, 0.25) is 0 Å². The molecule has 0 spiro atoms. The lowest BCUT2D eigenvalue weighted by molar-refractivity contribution is -0.144. The van der Waals surface area contributed by atoms with Gasteiger partial charge in [0.05, 0.1) is 6.04 Å². The molecule has 44 heavy (non-hydrogen) atoms. The Morgan fingerprint density at radius 1 is 1.09 bits per heavy atom. The van der Waals surface area contributed by atoms with Crippen molar-refractivity contribution in [3.63, 3.8) is 0 Å². The quantitative estimate of drug-likeness (QED) is 0.263. The molecule has 3 aliphatic rings. The third kappa shape index (κ3) is 6.54. The topological polar surface area (TPSA) is 128 Å². The first-order chi connectivity index (χ1) is 20.6. The van der Waals surface area contributed by atoms with E-state index in [0.29, 0.717) is 32.2 Å². The predicted molar refractivity (Wildman–Crippen MR) is 168 cm³/mol. The zero-order valence-corrected chi connectivity index (χ0v) is 27.2. The highest BCUT2D eigenvalue weighted by atomic mass is 16.2. The first-order valence-corrected chi connectivity index (χ1v) is 15.8. The molecule has 10 heteroatoms. The Kier molecular flexibility index (Phi) is 9.61. The summed E-state index contributed by atoms with van der Waals surface area (Å²) < 4.78 is 0. The molecule has 0 bridgehead atoms. The van der Waals surface area contributed by atoms with E-state index in [1.807, 2.05) is 39.8 Å². The Balaban J connectivity index is 1.61. The number of hydrogen-bond donors (Lipinski definition) is 3.